The summed E-state index contributed by atoms with van der Waals surface area (Å²) in [6.45, 7) is 4.91. The number of nitrogens with one attached hydrogen (secondary N) is 1. The van der Waals surface area contributed by atoms with Crippen molar-refractivity contribution in [3.05, 3.63) is 36.5 Å². The van der Waals surface area contributed by atoms with Crippen LogP contribution in [0, 0.1) is 0 Å². The van der Waals surface area contributed by atoms with Crippen molar-refractivity contribution in [3.63, 3.8) is 0 Å². The molecule has 2 atom stereocenters. The third kappa shape index (κ3) is 63.1. The molecule has 0 heterocycles. The molecule has 0 radical (unpaired) electrons. The first-order valence-electron chi connectivity index (χ1n) is 34.8. The van der Waals surface area contributed by atoms with Gasteiger partial charge >= 0.3 is 5.97 Å². The molecule has 77 heavy (non-hydrogen) atoms. The summed E-state index contributed by atoms with van der Waals surface area (Å²) in [7, 11) is 0. The molecule has 2 unspecified atom stereocenters. The second-order valence-corrected chi connectivity index (χ2v) is 23.9. The van der Waals surface area contributed by atoms with Gasteiger partial charge < -0.3 is 20.3 Å². The first-order valence-corrected chi connectivity index (χ1v) is 34.8. The Bertz CT molecular complexity index is 1250. The number of carbonyl (C=O) groups is 2. The normalized spacial score (nSPS) is 12.7. The molecule has 0 aliphatic heterocycles. The van der Waals surface area contributed by atoms with E-state index in [0.29, 0.717) is 19.4 Å². The molecule has 1 amide bonds. The predicted molar refractivity (Wildman–Crippen MR) is 338 cm³/mol. The van der Waals surface area contributed by atoms with Gasteiger partial charge in [-0.2, -0.15) is 0 Å². The third-order valence-corrected chi connectivity index (χ3v) is 16.2. The molecule has 0 saturated heterocycles. The number of esters is 1. The van der Waals surface area contributed by atoms with Crippen molar-refractivity contribution in [1.82, 2.24) is 5.32 Å². The number of carbonyl (C=O) groups excluding carboxylic acids is 2. The lowest BCUT2D eigenvalue weighted by Gasteiger charge is -2.20. The third-order valence-electron chi connectivity index (χ3n) is 16.2. The van der Waals surface area contributed by atoms with Crippen molar-refractivity contribution in [2.45, 2.75) is 392 Å². The molecule has 0 saturated carbocycles. The largest absolute Gasteiger partial charge is 0.466 e. The maximum Gasteiger partial charge on any atom is 0.305 e. The summed E-state index contributed by atoms with van der Waals surface area (Å²) < 4.78 is 5.47. The summed E-state index contributed by atoms with van der Waals surface area (Å²) >= 11 is 0. The van der Waals surface area contributed by atoms with E-state index in [-0.39, 0.29) is 18.5 Å². The Kier molecular flexibility index (Phi) is 64.9. The van der Waals surface area contributed by atoms with Crippen molar-refractivity contribution in [1.29, 1.82) is 0 Å². The first kappa shape index (κ1) is 75.1. The van der Waals surface area contributed by atoms with Crippen molar-refractivity contribution < 1.29 is 24.5 Å². The fraction of sp³-hybridized carbons (Fsp3) is 0.887. The summed E-state index contributed by atoms with van der Waals surface area (Å²) in [5.74, 6) is -0.0462. The lowest BCUT2D eigenvalue weighted by atomic mass is 10.0. The zero-order valence-electron chi connectivity index (χ0n) is 52.0. The minimum absolute atomic E-state index is 0.0184. The molecule has 0 rings (SSSR count). The summed E-state index contributed by atoms with van der Waals surface area (Å²) in [6.07, 6.45) is 85.2. The van der Waals surface area contributed by atoms with Gasteiger partial charge in [0.2, 0.25) is 5.91 Å². The zero-order chi connectivity index (χ0) is 55.7. The van der Waals surface area contributed by atoms with E-state index in [0.717, 1.165) is 44.9 Å². The average molecular weight is 1080 g/mol. The number of hydrogen-bond acceptors (Lipinski definition) is 5. The summed E-state index contributed by atoms with van der Waals surface area (Å²) in [4.78, 5) is 24.5. The van der Waals surface area contributed by atoms with Crippen LogP contribution in [0.5, 0.6) is 0 Å². The van der Waals surface area contributed by atoms with Gasteiger partial charge in [0.15, 0.2) is 0 Å². The summed E-state index contributed by atoms with van der Waals surface area (Å²) in [5.41, 5.74) is 0. The van der Waals surface area contributed by atoms with Gasteiger partial charge in [-0.15, -0.1) is 0 Å². The quantitative estimate of drug-likeness (QED) is 0.0320. The molecule has 0 aromatic carbocycles. The highest BCUT2D eigenvalue weighted by atomic mass is 16.5. The van der Waals surface area contributed by atoms with Crippen LogP contribution < -0.4 is 5.32 Å². The molecular weight excluding hydrogens is 947 g/mol. The van der Waals surface area contributed by atoms with E-state index in [2.05, 4.69) is 43.5 Å². The van der Waals surface area contributed by atoms with Crippen molar-refractivity contribution >= 4 is 11.9 Å². The van der Waals surface area contributed by atoms with E-state index in [9.17, 15) is 19.8 Å². The highest BCUT2D eigenvalue weighted by Crippen LogP contribution is 2.18. The number of allylic oxidation sites excluding steroid dienone is 5. The van der Waals surface area contributed by atoms with Crippen LogP contribution in [-0.2, 0) is 14.3 Å². The number of aliphatic hydroxyl groups is 2. The Morgan fingerprint density at radius 3 is 0.987 bits per heavy atom. The summed E-state index contributed by atoms with van der Waals surface area (Å²) in [6, 6.07) is -0.624. The molecule has 0 aromatic heterocycles. The smallest absolute Gasteiger partial charge is 0.305 e. The SMILES string of the molecule is CCCCCCCCCCCC/C=C/C(O)C(CO)NC(=O)CCCCCCCCCCCCCCCCCCC/C=C\C/C=C\CCCCCCCCCCCCCCCOC(=O)CCCCCCCCCCCCC. The average Bonchev–Trinajstić information content (AvgIpc) is 3.43. The highest BCUT2D eigenvalue weighted by Gasteiger charge is 2.18. The van der Waals surface area contributed by atoms with Crippen LogP contribution in [0.15, 0.2) is 36.5 Å². The van der Waals surface area contributed by atoms with E-state index < -0.39 is 12.1 Å². The number of aliphatic hydroxyl groups excluding tert-OH is 2. The Hall–Kier alpha value is -1.92. The lowest BCUT2D eigenvalue weighted by Crippen LogP contribution is -2.45. The molecule has 0 bridgehead atoms. The van der Waals surface area contributed by atoms with Crippen LogP contribution >= 0.6 is 0 Å². The first-order chi connectivity index (χ1) is 38.0. The second kappa shape index (κ2) is 66.6. The van der Waals surface area contributed by atoms with Gasteiger partial charge in [-0.05, 0) is 64.2 Å². The molecule has 6 heteroatoms. The molecule has 0 aromatic rings. The van der Waals surface area contributed by atoms with Crippen LogP contribution in [-0.4, -0.2) is 47.4 Å². The van der Waals surface area contributed by atoms with Gasteiger partial charge in [0.05, 0.1) is 25.4 Å². The number of hydrogen-bond donors (Lipinski definition) is 3. The van der Waals surface area contributed by atoms with Gasteiger partial charge in [0.1, 0.15) is 0 Å². The van der Waals surface area contributed by atoms with E-state index in [1.165, 1.54) is 308 Å². The van der Waals surface area contributed by atoms with Crippen LogP contribution in [0.1, 0.15) is 380 Å². The van der Waals surface area contributed by atoms with Gasteiger partial charge in [-0.3, -0.25) is 9.59 Å². The van der Waals surface area contributed by atoms with Gasteiger partial charge in [0, 0.05) is 12.8 Å². The molecular formula is C71H135NO5. The monoisotopic (exact) mass is 1080 g/mol. The molecule has 0 spiro atoms. The minimum Gasteiger partial charge on any atom is -0.466 e. The standard InChI is InChI=1S/C71H135NO5/c1-3-5-7-9-11-13-15-44-47-51-55-59-63-69(74)68(67-73)72-70(75)64-60-56-52-48-45-41-39-37-35-33-31-29-27-25-23-21-19-17-16-18-20-22-24-26-28-30-32-34-36-38-40-42-46-50-54-58-62-66-77-71(76)65-61-57-53-49-43-14-12-10-8-6-4-2/h16,18,22,24,59,63,68-69,73-74H,3-15,17,19-21,23,25-58,60-62,64-67H2,1-2H3,(H,72,75)/b18-16-,24-22-,63-59+. The zero-order valence-corrected chi connectivity index (χ0v) is 52.0. The Balaban J connectivity index is 3.36. The number of amides is 1. The van der Waals surface area contributed by atoms with E-state index >= 15 is 0 Å². The van der Waals surface area contributed by atoms with Crippen LogP contribution in [0.4, 0.5) is 0 Å². The maximum absolute atomic E-state index is 12.4. The van der Waals surface area contributed by atoms with E-state index in [1.54, 1.807) is 6.08 Å². The Labute approximate surface area is 481 Å². The predicted octanol–water partition coefficient (Wildman–Crippen LogP) is 22.3. The minimum atomic E-state index is -0.841. The van der Waals surface area contributed by atoms with Crippen molar-refractivity contribution in [3.8, 4) is 0 Å². The van der Waals surface area contributed by atoms with Crippen molar-refractivity contribution in [2.75, 3.05) is 13.2 Å². The lowest BCUT2D eigenvalue weighted by molar-refractivity contribution is -0.143. The molecule has 0 aliphatic carbocycles. The Morgan fingerprint density at radius 2 is 0.649 bits per heavy atom. The fourth-order valence-corrected chi connectivity index (χ4v) is 10.8. The molecule has 6 nitrogen and oxygen atoms in total. The van der Waals surface area contributed by atoms with Crippen molar-refractivity contribution in [2.24, 2.45) is 0 Å². The number of rotatable bonds is 65. The number of ether oxygens (including phenoxy) is 1. The summed E-state index contributed by atoms with van der Waals surface area (Å²) in [5, 5.41) is 23.1. The maximum atomic E-state index is 12.4. The fourth-order valence-electron chi connectivity index (χ4n) is 10.8. The van der Waals surface area contributed by atoms with Crippen LogP contribution in [0.2, 0.25) is 0 Å². The van der Waals surface area contributed by atoms with Crippen LogP contribution in [0.25, 0.3) is 0 Å². The van der Waals surface area contributed by atoms with E-state index in [4.69, 9.17) is 4.74 Å². The second-order valence-electron chi connectivity index (χ2n) is 23.9. The van der Waals surface area contributed by atoms with Gasteiger partial charge in [-0.25, -0.2) is 0 Å². The Morgan fingerprint density at radius 1 is 0.364 bits per heavy atom. The molecule has 454 valence electrons. The highest BCUT2D eigenvalue weighted by molar-refractivity contribution is 5.76. The topological polar surface area (TPSA) is 95.9 Å². The van der Waals surface area contributed by atoms with Gasteiger partial charge in [0.25, 0.3) is 0 Å². The van der Waals surface area contributed by atoms with E-state index in [1.807, 2.05) is 6.08 Å². The molecule has 0 fully saturated rings. The van der Waals surface area contributed by atoms with Gasteiger partial charge in [-0.1, -0.05) is 339 Å². The molecule has 3 N–H and O–H groups in total. The number of unbranched alkanes of at least 4 members (excludes halogenated alkanes) is 50. The van der Waals surface area contributed by atoms with Crippen LogP contribution in [0.3, 0.4) is 0 Å². The molecule has 0 aliphatic rings.